The van der Waals surface area contributed by atoms with Gasteiger partial charge < -0.3 is 4.74 Å². The van der Waals surface area contributed by atoms with E-state index in [2.05, 4.69) is 5.38 Å². The van der Waals surface area contributed by atoms with Crippen LogP contribution >= 0.6 is 11.3 Å². The maximum atomic E-state index is 4.96. The van der Waals surface area contributed by atoms with E-state index in [9.17, 15) is 0 Å². The first kappa shape index (κ1) is 9.10. The van der Waals surface area contributed by atoms with Crippen LogP contribution in [0.4, 0.5) is 0 Å². The molecule has 0 saturated heterocycles. The zero-order valence-corrected chi connectivity index (χ0v) is 6.71. The standard InChI is InChI=1S/C6H7OS.Li/c1-5-6(7-2)3-4-8-5;/h3H,1-2H3;/q-1;+1. The molecule has 0 aliphatic rings. The minimum absolute atomic E-state index is 0. The van der Waals surface area contributed by atoms with Gasteiger partial charge in [0.15, 0.2) is 0 Å². The second kappa shape index (κ2) is 4.00. The molecule has 9 heavy (non-hydrogen) atoms. The van der Waals surface area contributed by atoms with Crippen molar-refractivity contribution in [3.05, 3.63) is 16.3 Å². The van der Waals surface area contributed by atoms with Crippen molar-refractivity contribution in [2.24, 2.45) is 0 Å². The molecule has 1 aromatic rings. The van der Waals surface area contributed by atoms with Gasteiger partial charge in [-0.25, -0.2) is 0 Å². The molecule has 0 atom stereocenters. The topological polar surface area (TPSA) is 9.23 Å². The van der Waals surface area contributed by atoms with Crippen LogP contribution in [0.5, 0.6) is 5.75 Å². The monoisotopic (exact) mass is 134 g/mol. The molecule has 44 valence electrons. The van der Waals surface area contributed by atoms with Gasteiger partial charge in [-0.05, 0) is 5.75 Å². The van der Waals surface area contributed by atoms with Crippen LogP contribution in [0.25, 0.3) is 0 Å². The Balaban J connectivity index is 0.000000640. The number of methoxy groups -OCH3 is 1. The predicted octanol–water partition coefficient (Wildman–Crippen LogP) is -1.13. The van der Waals surface area contributed by atoms with Gasteiger partial charge in [-0.3, -0.25) is 11.3 Å². The summed E-state index contributed by atoms with van der Waals surface area (Å²) in [5.41, 5.74) is 0. The van der Waals surface area contributed by atoms with Gasteiger partial charge in [-0.2, -0.15) is 0 Å². The van der Waals surface area contributed by atoms with Crippen molar-refractivity contribution in [3.8, 4) is 5.75 Å². The van der Waals surface area contributed by atoms with E-state index in [4.69, 9.17) is 4.74 Å². The Morgan fingerprint density at radius 3 is 2.56 bits per heavy atom. The average molecular weight is 134 g/mol. The molecule has 0 radical (unpaired) electrons. The Bertz CT molecular complexity index is 173. The molecule has 0 aliphatic heterocycles. The van der Waals surface area contributed by atoms with Gasteiger partial charge in [-0.15, -0.1) is 16.3 Å². The van der Waals surface area contributed by atoms with Gasteiger partial charge >= 0.3 is 18.9 Å². The Hall–Kier alpha value is 0.0974. The van der Waals surface area contributed by atoms with E-state index in [1.165, 1.54) is 4.88 Å². The smallest absolute Gasteiger partial charge is 0.565 e. The van der Waals surface area contributed by atoms with Crippen molar-refractivity contribution in [1.29, 1.82) is 0 Å². The molecule has 0 N–H and O–H groups in total. The van der Waals surface area contributed by atoms with Crippen molar-refractivity contribution in [2.75, 3.05) is 7.11 Å². The number of hydrogen-bond donors (Lipinski definition) is 0. The first-order valence-corrected chi connectivity index (χ1v) is 3.16. The second-order valence-corrected chi connectivity index (χ2v) is 2.54. The number of ether oxygens (including phenoxy) is 1. The fourth-order valence-electron chi connectivity index (χ4n) is 0.526. The van der Waals surface area contributed by atoms with Gasteiger partial charge in [0.25, 0.3) is 0 Å². The SMILES string of the molecule is COc1c[c-]sc1C.[Li+]. The summed E-state index contributed by atoms with van der Waals surface area (Å²) in [5, 5.41) is 2.97. The Kier molecular flexibility index (Phi) is 4.04. The number of rotatable bonds is 1. The number of hydrogen-bond acceptors (Lipinski definition) is 2. The van der Waals surface area contributed by atoms with Gasteiger partial charge in [0.2, 0.25) is 0 Å². The average Bonchev–Trinajstić information content (AvgIpc) is 2.14. The Labute approximate surface area is 71.2 Å². The Morgan fingerprint density at radius 2 is 2.33 bits per heavy atom. The summed E-state index contributed by atoms with van der Waals surface area (Å²) in [6, 6.07) is 1.85. The molecule has 0 aliphatic carbocycles. The third-order valence-corrected chi connectivity index (χ3v) is 1.71. The molecule has 1 nitrogen and oxygen atoms in total. The second-order valence-electron chi connectivity index (χ2n) is 1.49. The van der Waals surface area contributed by atoms with Crippen LogP contribution in [0.15, 0.2) is 6.07 Å². The number of aryl methyl sites for hydroxylation is 1. The maximum absolute atomic E-state index is 4.96. The predicted molar refractivity (Wildman–Crippen MR) is 34.4 cm³/mol. The van der Waals surface area contributed by atoms with Crippen LogP contribution in [-0.2, 0) is 0 Å². The summed E-state index contributed by atoms with van der Waals surface area (Å²) in [6.45, 7) is 2.01. The van der Waals surface area contributed by atoms with Crippen LogP contribution in [-0.4, -0.2) is 7.11 Å². The van der Waals surface area contributed by atoms with Crippen molar-refractivity contribution in [2.45, 2.75) is 6.92 Å². The van der Waals surface area contributed by atoms with Gasteiger partial charge in [0.1, 0.15) is 0 Å². The maximum Gasteiger partial charge on any atom is 1.00 e. The molecule has 0 fully saturated rings. The summed E-state index contributed by atoms with van der Waals surface area (Å²) in [4.78, 5) is 1.19. The van der Waals surface area contributed by atoms with Crippen LogP contribution in [0.1, 0.15) is 4.88 Å². The minimum Gasteiger partial charge on any atom is -0.565 e. The zero-order valence-electron chi connectivity index (χ0n) is 5.89. The minimum atomic E-state index is 0. The summed E-state index contributed by atoms with van der Waals surface area (Å²) in [6.07, 6.45) is 0. The van der Waals surface area contributed by atoms with Gasteiger partial charge in [0.05, 0.1) is 7.11 Å². The van der Waals surface area contributed by atoms with E-state index in [0.29, 0.717) is 0 Å². The molecular formula is C6H7LiOS. The van der Waals surface area contributed by atoms with E-state index in [-0.39, 0.29) is 18.9 Å². The molecule has 0 bridgehead atoms. The van der Waals surface area contributed by atoms with E-state index < -0.39 is 0 Å². The van der Waals surface area contributed by atoms with Crippen molar-refractivity contribution in [3.63, 3.8) is 0 Å². The normalized spacial score (nSPS) is 8.22. The van der Waals surface area contributed by atoms with Crippen molar-refractivity contribution < 1.29 is 23.6 Å². The van der Waals surface area contributed by atoms with E-state index in [1.807, 2.05) is 13.0 Å². The largest absolute Gasteiger partial charge is 1.00 e. The fraction of sp³-hybridized carbons (Fsp3) is 0.333. The molecular weight excluding hydrogens is 127 g/mol. The van der Waals surface area contributed by atoms with Crippen molar-refractivity contribution in [1.82, 2.24) is 0 Å². The first-order chi connectivity index (χ1) is 3.84. The number of thiophene rings is 1. The molecule has 0 amide bonds. The van der Waals surface area contributed by atoms with Crippen molar-refractivity contribution >= 4 is 11.3 Å². The molecule has 0 aromatic carbocycles. The molecule has 1 aromatic heterocycles. The van der Waals surface area contributed by atoms with E-state index >= 15 is 0 Å². The molecule has 1 rings (SSSR count). The molecule has 0 unspecified atom stereocenters. The van der Waals surface area contributed by atoms with Gasteiger partial charge in [-0.1, -0.05) is 6.92 Å². The van der Waals surface area contributed by atoms with Crippen LogP contribution in [0.2, 0.25) is 0 Å². The summed E-state index contributed by atoms with van der Waals surface area (Å²) in [5.74, 6) is 0.940. The molecule has 1 heterocycles. The van der Waals surface area contributed by atoms with Gasteiger partial charge in [0, 0.05) is 0 Å². The zero-order chi connectivity index (χ0) is 5.98. The third-order valence-electron chi connectivity index (χ3n) is 0.969. The fourth-order valence-corrected chi connectivity index (χ4v) is 1.11. The van der Waals surface area contributed by atoms with Crippen LogP contribution in [0.3, 0.4) is 0 Å². The summed E-state index contributed by atoms with van der Waals surface area (Å²) >= 11 is 1.58. The molecule has 0 saturated carbocycles. The summed E-state index contributed by atoms with van der Waals surface area (Å²) in [7, 11) is 1.67. The Morgan fingerprint density at radius 1 is 1.67 bits per heavy atom. The molecule has 3 heteroatoms. The third kappa shape index (κ3) is 2.06. The van der Waals surface area contributed by atoms with Crippen LogP contribution < -0.4 is 23.6 Å². The van der Waals surface area contributed by atoms with E-state index in [0.717, 1.165) is 5.75 Å². The molecule has 0 spiro atoms. The quantitative estimate of drug-likeness (QED) is 0.349. The first-order valence-electron chi connectivity index (χ1n) is 2.35. The summed E-state index contributed by atoms with van der Waals surface area (Å²) < 4.78 is 4.96. The van der Waals surface area contributed by atoms with E-state index in [1.54, 1.807) is 18.4 Å². The van der Waals surface area contributed by atoms with Crippen LogP contribution in [0, 0.1) is 12.3 Å².